The molecular formula is C68H92N12O14S2. The van der Waals surface area contributed by atoms with Crippen LogP contribution in [0.3, 0.4) is 0 Å². The van der Waals surface area contributed by atoms with Crippen molar-refractivity contribution in [1.82, 2.24) is 46.9 Å². The van der Waals surface area contributed by atoms with Gasteiger partial charge in [0, 0.05) is 73.6 Å². The molecule has 0 fully saturated rings. The molecule has 1 aliphatic carbocycles. The van der Waals surface area contributed by atoms with Gasteiger partial charge < -0.3 is 72.6 Å². The molecular weight excluding hydrogens is 1270 g/mol. The minimum atomic E-state index is -4.24. The number of H-pyrrole nitrogens is 1. The Morgan fingerprint density at radius 1 is 0.719 bits per heavy atom. The molecule has 520 valence electrons. The van der Waals surface area contributed by atoms with Gasteiger partial charge in [-0.15, -0.1) is 11.8 Å². The Kier molecular flexibility index (Phi) is 25.2. The standard InChI is InChI=1S/C68H92N12O14S2/c1-38-39(2)58(40(3)48-31-68(11,12)94-57(38)48)96(89,90)80-64(70)72-28-19-26-51(79-65(88)91-33-49-46-23-15-13-21-44(46)45-22-14-16-24-47(45)49)60(84)71-29-27-56(82)75-53(34-92-66(5,6)7)62(86)76-52(30-42-32-73-50-25-18-17-20-43(42)50)61(85)77-54(35-93-67(8,9)10)63(87)78-55(59(69)83)36-95-37-74-41(4)81/h13-18,20-25,32,49,51-55,73H,19,26-31,33-37H2,1-12H3,(H2,69,83)(H,71,84)(H,74,81)(H,75,82)(H,76,86)(H,77,85)(H,78,87)(H,79,88)(H3,70,72,80)/t51-,52-,53-,54-,55-/m0/s1. The molecule has 1 aliphatic heterocycles. The van der Waals surface area contributed by atoms with Gasteiger partial charge in [0.15, 0.2) is 0 Å². The molecule has 2 aliphatic rings. The topological polar surface area (TPSA) is 384 Å². The Hall–Kier alpha value is -8.73. The molecule has 7 rings (SSSR count). The van der Waals surface area contributed by atoms with E-state index in [4.69, 9.17) is 30.4 Å². The summed E-state index contributed by atoms with van der Waals surface area (Å²) in [5.74, 6) is -5.01. The predicted octanol–water partition coefficient (Wildman–Crippen LogP) is 4.72. The van der Waals surface area contributed by atoms with Gasteiger partial charge in [-0.2, -0.15) is 0 Å². The van der Waals surface area contributed by atoms with Crippen LogP contribution in [0.4, 0.5) is 4.79 Å². The summed E-state index contributed by atoms with van der Waals surface area (Å²) in [4.78, 5) is 117. The zero-order chi connectivity index (χ0) is 70.5. The molecule has 1 aromatic heterocycles. The second-order valence-corrected chi connectivity index (χ2v) is 29.1. The van der Waals surface area contributed by atoms with E-state index in [1.54, 1.807) is 67.7 Å². The van der Waals surface area contributed by atoms with Crippen molar-refractivity contribution >= 4 is 86.1 Å². The van der Waals surface area contributed by atoms with Crippen molar-refractivity contribution in [2.24, 2.45) is 16.5 Å². The number of sulfonamides is 1. The number of ether oxygens (including phenoxy) is 4. The molecule has 0 radical (unpaired) electrons. The molecule has 0 saturated carbocycles. The minimum absolute atomic E-state index is 0.0182. The largest absolute Gasteiger partial charge is 0.487 e. The highest BCUT2D eigenvalue weighted by Crippen LogP contribution is 2.45. The number of nitrogens with two attached hydrogens (primary N) is 2. The van der Waals surface area contributed by atoms with Gasteiger partial charge in [0.1, 0.15) is 48.2 Å². The molecule has 8 amide bonds. The third-order valence-corrected chi connectivity index (χ3v) is 18.6. The van der Waals surface area contributed by atoms with Crippen molar-refractivity contribution in [3.63, 3.8) is 0 Å². The van der Waals surface area contributed by atoms with Gasteiger partial charge >= 0.3 is 6.09 Å². The fraction of sp³-hybridized carbons (Fsp3) is 0.485. The van der Waals surface area contributed by atoms with Gasteiger partial charge in [0.05, 0.1) is 35.2 Å². The van der Waals surface area contributed by atoms with Crippen LogP contribution in [-0.2, 0) is 70.6 Å². The summed E-state index contributed by atoms with van der Waals surface area (Å²) in [6, 6.07) is 16.1. The number of thioether (sulfide) groups is 1. The molecule has 0 bridgehead atoms. The molecule has 0 unspecified atom stereocenters. The molecule has 0 saturated heterocycles. The normalized spacial score (nSPS) is 15.1. The third kappa shape index (κ3) is 20.6. The second kappa shape index (κ2) is 32.3. The summed E-state index contributed by atoms with van der Waals surface area (Å²) in [6.45, 7) is 19.7. The number of hydrogen-bond donors (Lipinski definition) is 11. The Bertz CT molecular complexity index is 3790. The Morgan fingerprint density at radius 3 is 1.91 bits per heavy atom. The summed E-state index contributed by atoms with van der Waals surface area (Å²) < 4.78 is 54.3. The van der Waals surface area contributed by atoms with Crippen LogP contribution in [0.1, 0.15) is 126 Å². The molecule has 4 aromatic carbocycles. The first-order valence-corrected chi connectivity index (χ1v) is 34.4. The summed E-state index contributed by atoms with van der Waals surface area (Å²) in [6.07, 6.45) is 0.827. The molecule has 28 heteroatoms. The van der Waals surface area contributed by atoms with Gasteiger partial charge in [0.2, 0.25) is 47.3 Å². The number of hydrogen-bond acceptors (Lipinski definition) is 16. The highest BCUT2D eigenvalue weighted by Gasteiger charge is 2.38. The molecule has 26 nitrogen and oxygen atoms in total. The number of para-hydroxylation sites is 1. The predicted molar refractivity (Wildman–Crippen MR) is 366 cm³/mol. The lowest BCUT2D eigenvalue weighted by Crippen LogP contribution is -2.60. The molecule has 5 atom stereocenters. The number of fused-ring (bicyclic) bond motifs is 5. The molecule has 96 heavy (non-hydrogen) atoms. The van der Waals surface area contributed by atoms with Gasteiger partial charge in [-0.3, -0.25) is 38.6 Å². The van der Waals surface area contributed by atoms with E-state index in [0.717, 1.165) is 50.5 Å². The van der Waals surface area contributed by atoms with Gasteiger partial charge in [-0.25, -0.2) is 17.9 Å². The zero-order valence-electron chi connectivity index (χ0n) is 56.6. The van der Waals surface area contributed by atoms with E-state index in [2.05, 4.69) is 51.9 Å². The van der Waals surface area contributed by atoms with E-state index >= 15 is 0 Å². The Labute approximate surface area is 564 Å². The van der Waals surface area contributed by atoms with Crippen LogP contribution in [0, 0.1) is 20.8 Å². The molecule has 13 N–H and O–H groups in total. The number of carbonyl (C=O) groups is 8. The number of amides is 8. The highest BCUT2D eigenvalue weighted by atomic mass is 32.2. The molecule has 5 aromatic rings. The third-order valence-electron chi connectivity index (χ3n) is 16.1. The van der Waals surface area contributed by atoms with Crippen LogP contribution in [0.25, 0.3) is 22.0 Å². The summed E-state index contributed by atoms with van der Waals surface area (Å²) in [5, 5.41) is 19.4. The number of primary amides is 1. The zero-order valence-corrected chi connectivity index (χ0v) is 58.2. The number of carbonyl (C=O) groups excluding carboxylic acids is 8. The monoisotopic (exact) mass is 1360 g/mol. The van der Waals surface area contributed by atoms with Crippen molar-refractivity contribution in [3.8, 4) is 16.9 Å². The highest BCUT2D eigenvalue weighted by molar-refractivity contribution is 7.99. The van der Waals surface area contributed by atoms with Crippen LogP contribution < -0.4 is 58.1 Å². The quantitative estimate of drug-likeness (QED) is 0.0124. The number of nitrogens with zero attached hydrogens (tertiary/aromatic N) is 1. The summed E-state index contributed by atoms with van der Waals surface area (Å²) in [5.41, 5.74) is 17.6. The lowest BCUT2D eigenvalue weighted by molar-refractivity contribution is -0.137. The van der Waals surface area contributed by atoms with Crippen molar-refractivity contribution in [1.29, 1.82) is 0 Å². The number of aromatic amines is 1. The summed E-state index contributed by atoms with van der Waals surface area (Å²) >= 11 is 1.13. The lowest BCUT2D eigenvalue weighted by Gasteiger charge is -2.29. The Morgan fingerprint density at radius 2 is 1.29 bits per heavy atom. The van der Waals surface area contributed by atoms with Crippen molar-refractivity contribution < 1.29 is 65.7 Å². The fourth-order valence-corrected chi connectivity index (χ4v) is 13.6. The number of aliphatic imine (C=N–C) groups is 1. The number of guanidine groups is 1. The number of rotatable bonds is 31. The maximum Gasteiger partial charge on any atom is 0.407 e. The van der Waals surface area contributed by atoms with E-state index in [-0.39, 0.29) is 86.9 Å². The number of alkyl carbamates (subject to hydrolysis) is 1. The second-order valence-electron chi connectivity index (χ2n) is 26.5. The van der Waals surface area contributed by atoms with E-state index in [1.165, 1.54) is 6.92 Å². The Balaban J connectivity index is 1.05. The van der Waals surface area contributed by atoms with E-state index < -0.39 is 105 Å². The average Bonchev–Trinajstić information content (AvgIpc) is 1.76. The fourth-order valence-electron chi connectivity index (χ4n) is 11.2. The van der Waals surface area contributed by atoms with Crippen LogP contribution >= 0.6 is 11.8 Å². The number of aromatic nitrogens is 1. The van der Waals surface area contributed by atoms with Gasteiger partial charge in [0.25, 0.3) is 10.0 Å². The smallest absolute Gasteiger partial charge is 0.407 e. The van der Waals surface area contributed by atoms with Crippen LogP contribution in [0.2, 0.25) is 0 Å². The van der Waals surface area contributed by atoms with Crippen LogP contribution in [0.15, 0.2) is 88.9 Å². The van der Waals surface area contributed by atoms with E-state index in [1.807, 2.05) is 87.5 Å². The number of nitrogens with one attached hydrogen (secondary N) is 9. The maximum atomic E-state index is 14.7. The first-order chi connectivity index (χ1) is 45.1. The summed E-state index contributed by atoms with van der Waals surface area (Å²) in [7, 11) is -4.24. The SMILES string of the molecule is CC(=O)NCSC[C@H](NC(=O)[C@H](COC(C)(C)C)NC(=O)[C@H](Cc1c[nH]c2ccccc12)NC(=O)[C@H](COC(C)(C)C)NC(=O)CCNC(=O)[C@H](CCCN=C(N)NS(=O)(=O)c1c(C)c(C)c2c(c1C)CC(C)(C)O2)NC(=O)OCC1c2ccccc2-c2ccccc21)C(N)=O. The first kappa shape index (κ1) is 74.7. The average molecular weight is 1370 g/mol. The van der Waals surface area contributed by atoms with Crippen molar-refractivity contribution in [2.75, 3.05) is 44.5 Å². The first-order valence-electron chi connectivity index (χ1n) is 31.8. The number of benzene rings is 4. The van der Waals surface area contributed by atoms with E-state index in [9.17, 15) is 46.8 Å². The van der Waals surface area contributed by atoms with E-state index in [0.29, 0.717) is 34.4 Å². The minimum Gasteiger partial charge on any atom is -0.487 e. The van der Waals surface area contributed by atoms with Gasteiger partial charge in [-0.05, 0) is 140 Å². The van der Waals surface area contributed by atoms with Crippen LogP contribution in [-0.4, -0.2) is 158 Å². The van der Waals surface area contributed by atoms with Gasteiger partial charge in [-0.1, -0.05) is 66.7 Å². The van der Waals surface area contributed by atoms with Crippen molar-refractivity contribution in [3.05, 3.63) is 118 Å². The molecule has 0 spiro atoms. The maximum absolute atomic E-state index is 14.7. The lowest BCUT2D eigenvalue weighted by atomic mass is 9.94. The molecule has 2 heterocycles. The van der Waals surface area contributed by atoms with Crippen molar-refractivity contribution in [2.45, 2.75) is 173 Å². The van der Waals surface area contributed by atoms with Crippen LogP contribution in [0.5, 0.6) is 5.75 Å².